The van der Waals surface area contributed by atoms with E-state index in [0.717, 1.165) is 27.7 Å². The maximum atomic E-state index is 12.4. The number of hydrogen-bond acceptors (Lipinski definition) is 3. The molecule has 0 unspecified atom stereocenters. The third-order valence-electron chi connectivity index (χ3n) is 4.32. The van der Waals surface area contributed by atoms with Crippen LogP contribution >= 0.6 is 0 Å². The zero-order valence-corrected chi connectivity index (χ0v) is 14.2. The normalized spacial score (nSPS) is 10.8. The molecule has 3 aromatic heterocycles. The molecular weight excluding hydrogens is 324 g/mol. The van der Waals surface area contributed by atoms with Crippen molar-refractivity contribution >= 4 is 16.8 Å². The van der Waals surface area contributed by atoms with E-state index in [1.807, 2.05) is 65.4 Å². The average Bonchev–Trinajstić information content (AvgIpc) is 3.10. The van der Waals surface area contributed by atoms with Crippen molar-refractivity contribution in [3.8, 4) is 11.3 Å². The van der Waals surface area contributed by atoms with Gasteiger partial charge < -0.3 is 9.88 Å². The van der Waals surface area contributed by atoms with E-state index in [9.17, 15) is 4.79 Å². The minimum Gasteiger partial charge on any atom is -0.350 e. The molecule has 0 aliphatic carbocycles. The molecule has 0 radical (unpaired) electrons. The van der Waals surface area contributed by atoms with Crippen LogP contribution in [0.5, 0.6) is 0 Å². The SMILES string of the molecule is O=C(Cn1ccc2ccccc21)NCc1cccnc1-c1ccncc1. The van der Waals surface area contributed by atoms with E-state index < -0.39 is 0 Å². The van der Waals surface area contributed by atoms with Crippen molar-refractivity contribution in [1.29, 1.82) is 0 Å². The van der Waals surface area contributed by atoms with E-state index in [1.165, 1.54) is 0 Å². The van der Waals surface area contributed by atoms with Crippen molar-refractivity contribution in [3.05, 3.63) is 84.9 Å². The molecule has 0 fully saturated rings. The third-order valence-corrected chi connectivity index (χ3v) is 4.32. The summed E-state index contributed by atoms with van der Waals surface area (Å²) in [6, 6.07) is 17.7. The smallest absolute Gasteiger partial charge is 0.240 e. The Morgan fingerprint density at radius 1 is 0.962 bits per heavy atom. The highest BCUT2D eigenvalue weighted by molar-refractivity contribution is 5.83. The molecule has 26 heavy (non-hydrogen) atoms. The Balaban J connectivity index is 1.47. The lowest BCUT2D eigenvalue weighted by molar-refractivity contribution is -0.121. The molecule has 1 amide bonds. The summed E-state index contributed by atoms with van der Waals surface area (Å²) in [5.74, 6) is -0.0316. The highest BCUT2D eigenvalue weighted by Crippen LogP contribution is 2.20. The maximum absolute atomic E-state index is 12.4. The Kier molecular flexibility index (Phi) is 4.43. The Morgan fingerprint density at radius 3 is 2.69 bits per heavy atom. The van der Waals surface area contributed by atoms with Gasteiger partial charge in [0.05, 0.1) is 5.69 Å². The number of carbonyl (C=O) groups is 1. The van der Waals surface area contributed by atoms with Crippen molar-refractivity contribution in [3.63, 3.8) is 0 Å². The molecule has 1 aromatic carbocycles. The van der Waals surface area contributed by atoms with Gasteiger partial charge in [-0.25, -0.2) is 0 Å². The number of fused-ring (bicyclic) bond motifs is 1. The maximum Gasteiger partial charge on any atom is 0.240 e. The Hall–Kier alpha value is -3.47. The van der Waals surface area contributed by atoms with Crippen LogP contribution in [0, 0.1) is 0 Å². The summed E-state index contributed by atoms with van der Waals surface area (Å²) in [4.78, 5) is 20.9. The van der Waals surface area contributed by atoms with Crippen molar-refractivity contribution in [2.45, 2.75) is 13.1 Å². The molecule has 0 saturated carbocycles. The van der Waals surface area contributed by atoms with Gasteiger partial charge in [0.15, 0.2) is 0 Å². The third kappa shape index (κ3) is 3.32. The van der Waals surface area contributed by atoms with E-state index in [2.05, 4.69) is 15.3 Å². The Morgan fingerprint density at radius 2 is 1.81 bits per heavy atom. The van der Waals surface area contributed by atoms with Crippen molar-refractivity contribution in [2.75, 3.05) is 0 Å². The predicted octanol–water partition coefficient (Wildman–Crippen LogP) is 3.41. The van der Waals surface area contributed by atoms with E-state index in [1.54, 1.807) is 18.6 Å². The van der Waals surface area contributed by atoms with Crippen LogP contribution in [0.1, 0.15) is 5.56 Å². The highest BCUT2D eigenvalue weighted by atomic mass is 16.1. The van der Waals surface area contributed by atoms with Crippen LogP contribution in [0.15, 0.2) is 79.4 Å². The molecule has 3 heterocycles. The minimum absolute atomic E-state index is 0.0316. The standard InChI is InChI=1S/C21H18N4O/c26-20(15-25-13-9-16-4-1-2-6-19(16)25)24-14-18-5-3-10-23-21(18)17-7-11-22-12-8-17/h1-13H,14-15H2,(H,24,26). The number of para-hydroxylation sites is 1. The second-order valence-electron chi connectivity index (χ2n) is 6.03. The Labute approximate surface area is 151 Å². The first kappa shape index (κ1) is 16.0. The number of hydrogen-bond donors (Lipinski definition) is 1. The van der Waals surface area contributed by atoms with Gasteiger partial charge >= 0.3 is 0 Å². The topological polar surface area (TPSA) is 59.8 Å². The van der Waals surface area contributed by atoms with Gasteiger partial charge in [0.25, 0.3) is 0 Å². The molecule has 5 nitrogen and oxygen atoms in total. The highest BCUT2D eigenvalue weighted by Gasteiger charge is 2.09. The molecule has 0 aliphatic rings. The fraction of sp³-hybridized carbons (Fsp3) is 0.0952. The van der Waals surface area contributed by atoms with Crippen molar-refractivity contribution < 1.29 is 4.79 Å². The fourth-order valence-electron chi connectivity index (χ4n) is 3.03. The summed E-state index contributed by atoms with van der Waals surface area (Å²) >= 11 is 0. The summed E-state index contributed by atoms with van der Waals surface area (Å²) in [6.45, 7) is 0.724. The molecule has 0 atom stereocenters. The first-order chi connectivity index (χ1) is 12.8. The lowest BCUT2D eigenvalue weighted by atomic mass is 10.1. The van der Waals surface area contributed by atoms with Gasteiger partial charge in [0.1, 0.15) is 6.54 Å². The van der Waals surface area contributed by atoms with E-state index in [-0.39, 0.29) is 5.91 Å². The van der Waals surface area contributed by atoms with Crippen LogP contribution < -0.4 is 5.32 Å². The quantitative estimate of drug-likeness (QED) is 0.604. The largest absolute Gasteiger partial charge is 0.350 e. The van der Waals surface area contributed by atoms with Gasteiger partial charge in [-0.2, -0.15) is 0 Å². The first-order valence-electron chi connectivity index (χ1n) is 8.46. The summed E-state index contributed by atoms with van der Waals surface area (Å²) < 4.78 is 1.96. The molecule has 0 saturated heterocycles. The molecular formula is C21H18N4O. The fourth-order valence-corrected chi connectivity index (χ4v) is 3.03. The lowest BCUT2D eigenvalue weighted by Gasteiger charge is -2.11. The zero-order valence-electron chi connectivity index (χ0n) is 14.2. The van der Waals surface area contributed by atoms with Gasteiger partial charge in [0, 0.05) is 42.4 Å². The summed E-state index contributed by atoms with van der Waals surface area (Å²) in [7, 11) is 0. The molecule has 5 heteroatoms. The van der Waals surface area contributed by atoms with Gasteiger partial charge in [-0.1, -0.05) is 24.3 Å². The van der Waals surface area contributed by atoms with Gasteiger partial charge in [-0.3, -0.25) is 14.8 Å². The number of nitrogens with one attached hydrogen (secondary N) is 1. The van der Waals surface area contributed by atoms with Crippen molar-refractivity contribution in [2.24, 2.45) is 0 Å². The summed E-state index contributed by atoms with van der Waals surface area (Å²) in [6.07, 6.45) is 7.18. The first-order valence-corrected chi connectivity index (χ1v) is 8.46. The van der Waals surface area contributed by atoms with Gasteiger partial charge in [-0.05, 0) is 41.3 Å². The van der Waals surface area contributed by atoms with E-state index >= 15 is 0 Å². The van der Waals surface area contributed by atoms with Gasteiger partial charge in [0.2, 0.25) is 5.91 Å². The number of rotatable bonds is 5. The number of benzene rings is 1. The number of nitrogens with zero attached hydrogens (tertiary/aromatic N) is 3. The van der Waals surface area contributed by atoms with E-state index in [0.29, 0.717) is 13.1 Å². The second-order valence-corrected chi connectivity index (χ2v) is 6.03. The monoisotopic (exact) mass is 342 g/mol. The lowest BCUT2D eigenvalue weighted by Crippen LogP contribution is -2.27. The average molecular weight is 342 g/mol. The molecule has 1 N–H and O–H groups in total. The van der Waals surface area contributed by atoms with Crippen LogP contribution in [0.3, 0.4) is 0 Å². The number of aromatic nitrogens is 3. The van der Waals surface area contributed by atoms with E-state index in [4.69, 9.17) is 0 Å². The molecule has 4 rings (SSSR count). The number of pyridine rings is 2. The number of amides is 1. The Bertz CT molecular complexity index is 1040. The minimum atomic E-state index is -0.0316. The van der Waals surface area contributed by atoms with Crippen LogP contribution in [-0.2, 0) is 17.9 Å². The van der Waals surface area contributed by atoms with Crippen LogP contribution in [0.2, 0.25) is 0 Å². The van der Waals surface area contributed by atoms with Gasteiger partial charge in [-0.15, -0.1) is 0 Å². The van der Waals surface area contributed by atoms with Crippen LogP contribution in [0.25, 0.3) is 22.2 Å². The zero-order chi connectivity index (χ0) is 17.8. The van der Waals surface area contributed by atoms with Crippen molar-refractivity contribution in [1.82, 2.24) is 19.9 Å². The molecule has 128 valence electrons. The summed E-state index contributed by atoms with van der Waals surface area (Å²) in [5, 5.41) is 4.13. The van der Waals surface area contributed by atoms with Crippen LogP contribution in [0.4, 0.5) is 0 Å². The molecule has 0 spiro atoms. The molecule has 0 aliphatic heterocycles. The predicted molar refractivity (Wildman–Crippen MR) is 101 cm³/mol. The number of carbonyl (C=O) groups excluding carboxylic acids is 1. The molecule has 0 bridgehead atoms. The second kappa shape index (κ2) is 7.19. The van der Waals surface area contributed by atoms with Crippen LogP contribution in [-0.4, -0.2) is 20.4 Å². The molecule has 4 aromatic rings. The summed E-state index contributed by atoms with van der Waals surface area (Å²) in [5.41, 5.74) is 3.88.